The summed E-state index contributed by atoms with van der Waals surface area (Å²) in [6.07, 6.45) is 5.73. The fourth-order valence-electron chi connectivity index (χ4n) is 1.61. The van der Waals surface area contributed by atoms with Gasteiger partial charge < -0.3 is 5.32 Å². The molecule has 0 saturated heterocycles. The molecule has 0 aliphatic heterocycles. The van der Waals surface area contributed by atoms with Crippen molar-refractivity contribution < 1.29 is 0 Å². The van der Waals surface area contributed by atoms with Crippen molar-refractivity contribution in [1.82, 2.24) is 20.1 Å². The van der Waals surface area contributed by atoms with Crippen molar-refractivity contribution in [1.29, 1.82) is 0 Å². The molecule has 0 aromatic carbocycles. The average Bonchev–Trinajstić information content (AvgIpc) is 2.68. The summed E-state index contributed by atoms with van der Waals surface area (Å²) in [5, 5.41) is 7.67. The topological polar surface area (TPSA) is 42.7 Å². The van der Waals surface area contributed by atoms with Gasteiger partial charge in [-0.15, -0.1) is 0 Å². The molecular formula is C11H22N4. The fourth-order valence-corrected chi connectivity index (χ4v) is 1.61. The van der Waals surface area contributed by atoms with Gasteiger partial charge in [-0.2, -0.15) is 5.10 Å². The van der Waals surface area contributed by atoms with E-state index in [1.54, 1.807) is 12.7 Å². The minimum absolute atomic E-state index is 0.441. The SMILES string of the molecule is CCCC(CNCC(C)C)n1cncn1. The number of rotatable bonds is 7. The highest BCUT2D eigenvalue weighted by molar-refractivity contribution is 4.71. The molecule has 1 heterocycles. The van der Waals surface area contributed by atoms with E-state index in [-0.39, 0.29) is 0 Å². The summed E-state index contributed by atoms with van der Waals surface area (Å²) in [5.41, 5.74) is 0. The highest BCUT2D eigenvalue weighted by atomic mass is 15.3. The third kappa shape index (κ3) is 4.42. The van der Waals surface area contributed by atoms with Crippen molar-refractivity contribution >= 4 is 0 Å². The molecule has 0 aliphatic rings. The predicted octanol–water partition coefficient (Wildman–Crippen LogP) is 1.86. The van der Waals surface area contributed by atoms with Gasteiger partial charge in [0.05, 0.1) is 6.04 Å². The molecule has 1 N–H and O–H groups in total. The van der Waals surface area contributed by atoms with Gasteiger partial charge in [0.2, 0.25) is 0 Å². The first-order valence-corrected chi connectivity index (χ1v) is 5.78. The van der Waals surface area contributed by atoms with Gasteiger partial charge in [0.25, 0.3) is 0 Å². The van der Waals surface area contributed by atoms with E-state index in [1.165, 1.54) is 6.42 Å². The Morgan fingerprint density at radius 1 is 1.33 bits per heavy atom. The third-order valence-electron chi connectivity index (χ3n) is 2.37. The van der Waals surface area contributed by atoms with Crippen LogP contribution in [-0.4, -0.2) is 27.9 Å². The molecule has 0 saturated carbocycles. The van der Waals surface area contributed by atoms with E-state index in [2.05, 4.69) is 36.2 Å². The Morgan fingerprint density at radius 2 is 2.13 bits per heavy atom. The van der Waals surface area contributed by atoms with E-state index < -0.39 is 0 Å². The lowest BCUT2D eigenvalue weighted by molar-refractivity contribution is 0.384. The van der Waals surface area contributed by atoms with Crippen LogP contribution in [-0.2, 0) is 0 Å². The molecule has 1 aromatic heterocycles. The Bertz CT molecular complexity index is 243. The van der Waals surface area contributed by atoms with Crippen LogP contribution < -0.4 is 5.32 Å². The Kier molecular flexibility index (Phi) is 5.32. The molecule has 1 atom stereocenters. The molecule has 4 heteroatoms. The number of nitrogens with zero attached hydrogens (tertiary/aromatic N) is 3. The largest absolute Gasteiger partial charge is 0.314 e. The highest BCUT2D eigenvalue weighted by Gasteiger charge is 2.09. The monoisotopic (exact) mass is 210 g/mol. The van der Waals surface area contributed by atoms with Gasteiger partial charge in [-0.25, -0.2) is 9.67 Å². The van der Waals surface area contributed by atoms with E-state index in [9.17, 15) is 0 Å². The van der Waals surface area contributed by atoms with Crippen LogP contribution in [0.1, 0.15) is 39.7 Å². The maximum absolute atomic E-state index is 4.20. The van der Waals surface area contributed by atoms with E-state index in [1.807, 2.05) is 4.68 Å². The van der Waals surface area contributed by atoms with Crippen molar-refractivity contribution in [3.05, 3.63) is 12.7 Å². The molecule has 1 aromatic rings. The normalized spacial score (nSPS) is 13.3. The number of hydrogen-bond donors (Lipinski definition) is 1. The van der Waals surface area contributed by atoms with Gasteiger partial charge in [-0.3, -0.25) is 0 Å². The van der Waals surface area contributed by atoms with Crippen molar-refractivity contribution in [2.24, 2.45) is 5.92 Å². The van der Waals surface area contributed by atoms with E-state index in [4.69, 9.17) is 0 Å². The molecule has 0 radical (unpaired) electrons. The van der Waals surface area contributed by atoms with Crippen LogP contribution in [0.5, 0.6) is 0 Å². The smallest absolute Gasteiger partial charge is 0.137 e. The second kappa shape index (κ2) is 6.56. The van der Waals surface area contributed by atoms with Crippen molar-refractivity contribution in [2.45, 2.75) is 39.7 Å². The summed E-state index contributed by atoms with van der Waals surface area (Å²) in [5.74, 6) is 0.697. The average molecular weight is 210 g/mol. The standard InChI is InChI=1S/C11H22N4/c1-4-5-11(7-12-6-10(2)3)15-9-13-8-14-15/h8-12H,4-7H2,1-3H3. The molecule has 1 rings (SSSR count). The van der Waals surface area contributed by atoms with Crippen LogP contribution in [0.25, 0.3) is 0 Å². The van der Waals surface area contributed by atoms with E-state index in [0.29, 0.717) is 12.0 Å². The van der Waals surface area contributed by atoms with Crippen LogP contribution in [0.3, 0.4) is 0 Å². The minimum Gasteiger partial charge on any atom is -0.314 e. The molecule has 0 spiro atoms. The maximum atomic E-state index is 4.20. The quantitative estimate of drug-likeness (QED) is 0.747. The van der Waals surface area contributed by atoms with Crippen molar-refractivity contribution in [3.63, 3.8) is 0 Å². The summed E-state index contributed by atoms with van der Waals surface area (Å²) in [7, 11) is 0. The molecule has 86 valence electrons. The number of nitrogens with one attached hydrogen (secondary N) is 1. The Hall–Kier alpha value is -0.900. The summed E-state index contributed by atoms with van der Waals surface area (Å²) >= 11 is 0. The zero-order valence-corrected chi connectivity index (χ0v) is 9.98. The lowest BCUT2D eigenvalue weighted by atomic mass is 10.1. The molecule has 0 aliphatic carbocycles. The van der Waals surface area contributed by atoms with Gasteiger partial charge >= 0.3 is 0 Å². The Balaban J connectivity index is 2.38. The van der Waals surface area contributed by atoms with Crippen LogP contribution in [0.2, 0.25) is 0 Å². The summed E-state index contributed by atoms with van der Waals surface area (Å²) in [4.78, 5) is 3.99. The maximum Gasteiger partial charge on any atom is 0.137 e. The molecule has 15 heavy (non-hydrogen) atoms. The molecule has 0 bridgehead atoms. The highest BCUT2D eigenvalue weighted by Crippen LogP contribution is 2.10. The zero-order valence-electron chi connectivity index (χ0n) is 9.98. The molecule has 0 fully saturated rings. The van der Waals surface area contributed by atoms with Crippen molar-refractivity contribution in [3.8, 4) is 0 Å². The fraction of sp³-hybridized carbons (Fsp3) is 0.818. The number of aromatic nitrogens is 3. The number of hydrogen-bond acceptors (Lipinski definition) is 3. The second-order valence-corrected chi connectivity index (χ2v) is 4.37. The first-order valence-electron chi connectivity index (χ1n) is 5.78. The summed E-state index contributed by atoms with van der Waals surface area (Å²) in [6.45, 7) is 8.69. The van der Waals surface area contributed by atoms with Gasteiger partial charge in [-0.1, -0.05) is 27.2 Å². The first-order chi connectivity index (χ1) is 7.24. The summed E-state index contributed by atoms with van der Waals surface area (Å²) < 4.78 is 1.96. The minimum atomic E-state index is 0.441. The summed E-state index contributed by atoms with van der Waals surface area (Å²) in [6, 6.07) is 0.441. The van der Waals surface area contributed by atoms with Crippen LogP contribution in [0.15, 0.2) is 12.7 Å². The van der Waals surface area contributed by atoms with Crippen molar-refractivity contribution in [2.75, 3.05) is 13.1 Å². The van der Waals surface area contributed by atoms with Crippen LogP contribution in [0, 0.1) is 5.92 Å². The van der Waals surface area contributed by atoms with Gasteiger partial charge in [0.15, 0.2) is 0 Å². The molecule has 0 amide bonds. The predicted molar refractivity (Wildman–Crippen MR) is 61.7 cm³/mol. The van der Waals surface area contributed by atoms with Crippen LogP contribution >= 0.6 is 0 Å². The molecule has 1 unspecified atom stereocenters. The third-order valence-corrected chi connectivity index (χ3v) is 2.37. The Labute approximate surface area is 92.1 Å². The molecular weight excluding hydrogens is 188 g/mol. The van der Waals surface area contributed by atoms with Gasteiger partial charge in [0, 0.05) is 6.54 Å². The Morgan fingerprint density at radius 3 is 2.67 bits per heavy atom. The first kappa shape index (κ1) is 12.2. The second-order valence-electron chi connectivity index (χ2n) is 4.37. The van der Waals surface area contributed by atoms with Gasteiger partial charge in [0.1, 0.15) is 12.7 Å². The zero-order chi connectivity index (χ0) is 11.1. The van der Waals surface area contributed by atoms with Gasteiger partial charge in [-0.05, 0) is 18.9 Å². The van der Waals surface area contributed by atoms with E-state index in [0.717, 1.165) is 19.5 Å². The lowest BCUT2D eigenvalue weighted by Crippen LogP contribution is -2.28. The van der Waals surface area contributed by atoms with Crippen LogP contribution in [0.4, 0.5) is 0 Å². The van der Waals surface area contributed by atoms with E-state index >= 15 is 0 Å². The lowest BCUT2D eigenvalue weighted by Gasteiger charge is -2.17. The molecule has 4 nitrogen and oxygen atoms in total.